The van der Waals surface area contributed by atoms with E-state index in [4.69, 9.17) is 10.5 Å². The van der Waals surface area contributed by atoms with Gasteiger partial charge in [0.05, 0.1) is 18.0 Å². The highest BCUT2D eigenvalue weighted by Gasteiger charge is 2.25. The van der Waals surface area contributed by atoms with Crippen LogP contribution in [0.2, 0.25) is 0 Å². The summed E-state index contributed by atoms with van der Waals surface area (Å²) in [5, 5.41) is 3.03. The topological polar surface area (TPSA) is 97.0 Å². The molecule has 1 aliphatic rings. The van der Waals surface area contributed by atoms with Crippen molar-refractivity contribution in [2.24, 2.45) is 10.7 Å². The maximum absolute atomic E-state index is 12.6. The third kappa shape index (κ3) is 5.69. The summed E-state index contributed by atoms with van der Waals surface area (Å²) in [6, 6.07) is 6.93. The number of benzene rings is 1. The molecule has 1 aromatic carbocycles. The van der Waals surface area contributed by atoms with Crippen LogP contribution in [0.3, 0.4) is 0 Å². The minimum atomic E-state index is -3.39. The van der Waals surface area contributed by atoms with Gasteiger partial charge in [0.1, 0.15) is 0 Å². The predicted molar refractivity (Wildman–Crippen MR) is 98.9 cm³/mol. The average molecular weight is 369 g/mol. The molecule has 2 rings (SSSR count). The maximum Gasteiger partial charge on any atom is 0.243 e. The fourth-order valence-electron chi connectivity index (χ4n) is 2.79. The fraction of sp³-hybridized carbons (Fsp3) is 0.588. The second kappa shape index (κ2) is 9.17. The van der Waals surface area contributed by atoms with E-state index in [1.54, 1.807) is 35.7 Å². The Hall–Kier alpha value is -1.64. The number of hydrogen-bond donors (Lipinski definition) is 2. The first-order valence-electron chi connectivity index (χ1n) is 8.58. The molecule has 0 aromatic heterocycles. The van der Waals surface area contributed by atoms with Crippen LogP contribution in [0.5, 0.6) is 0 Å². The van der Waals surface area contributed by atoms with Crippen molar-refractivity contribution >= 4 is 16.0 Å². The molecule has 1 atom stereocenters. The van der Waals surface area contributed by atoms with Crippen LogP contribution >= 0.6 is 0 Å². The molecule has 0 saturated carbocycles. The number of ether oxygens (including phenoxy) is 1. The zero-order chi connectivity index (χ0) is 18.3. The molecule has 8 heteroatoms. The van der Waals surface area contributed by atoms with Gasteiger partial charge in [0, 0.05) is 26.2 Å². The van der Waals surface area contributed by atoms with E-state index in [0.717, 1.165) is 24.8 Å². The van der Waals surface area contributed by atoms with E-state index in [1.807, 2.05) is 6.92 Å². The van der Waals surface area contributed by atoms with Crippen molar-refractivity contribution in [1.29, 1.82) is 0 Å². The molecule has 3 N–H and O–H groups in total. The van der Waals surface area contributed by atoms with Crippen LogP contribution in [-0.2, 0) is 21.3 Å². The van der Waals surface area contributed by atoms with Crippen molar-refractivity contribution in [3.05, 3.63) is 29.8 Å². The molecule has 25 heavy (non-hydrogen) atoms. The summed E-state index contributed by atoms with van der Waals surface area (Å²) in [6.45, 7) is 4.10. The molecule has 1 saturated heterocycles. The van der Waals surface area contributed by atoms with Crippen molar-refractivity contribution in [2.45, 2.75) is 43.7 Å². The fourth-order valence-corrected chi connectivity index (χ4v) is 4.30. The first kappa shape index (κ1) is 19.7. The maximum atomic E-state index is 12.6. The van der Waals surface area contributed by atoms with Gasteiger partial charge in [-0.05, 0) is 37.5 Å². The molecule has 1 heterocycles. The van der Waals surface area contributed by atoms with Gasteiger partial charge in [0.25, 0.3) is 0 Å². The number of nitrogens with two attached hydrogens (primary N) is 1. The highest BCUT2D eigenvalue weighted by atomic mass is 32.2. The molecule has 1 aromatic rings. The van der Waals surface area contributed by atoms with Gasteiger partial charge in [0.15, 0.2) is 5.96 Å². The van der Waals surface area contributed by atoms with E-state index in [2.05, 4.69) is 10.3 Å². The SMILES string of the molecule is COCC(C)NC(N)=NCc1ccc(S(=O)(=O)N2CCCCC2)cc1. The van der Waals surface area contributed by atoms with Crippen LogP contribution in [0.1, 0.15) is 31.7 Å². The number of aliphatic imine (C=N–C) groups is 1. The number of nitrogens with zero attached hydrogens (tertiary/aromatic N) is 2. The summed E-state index contributed by atoms with van der Waals surface area (Å²) in [5.74, 6) is 0.342. The van der Waals surface area contributed by atoms with Gasteiger partial charge in [-0.2, -0.15) is 4.31 Å². The predicted octanol–water partition coefficient (Wildman–Crippen LogP) is 1.30. The Bertz CT molecular complexity index is 668. The van der Waals surface area contributed by atoms with Crippen LogP contribution in [0.4, 0.5) is 0 Å². The molecular formula is C17H28N4O3S. The average Bonchev–Trinajstić information content (AvgIpc) is 2.61. The van der Waals surface area contributed by atoms with Gasteiger partial charge in [0.2, 0.25) is 10.0 Å². The molecule has 0 radical (unpaired) electrons. The minimum Gasteiger partial charge on any atom is -0.383 e. The largest absolute Gasteiger partial charge is 0.383 e. The number of guanidine groups is 1. The summed E-state index contributed by atoms with van der Waals surface area (Å²) in [7, 11) is -1.76. The summed E-state index contributed by atoms with van der Waals surface area (Å²) in [4.78, 5) is 4.60. The van der Waals surface area contributed by atoms with Crippen LogP contribution < -0.4 is 11.1 Å². The lowest BCUT2D eigenvalue weighted by atomic mass is 10.2. The lowest BCUT2D eigenvalue weighted by Gasteiger charge is -2.25. The molecule has 0 aliphatic carbocycles. The smallest absolute Gasteiger partial charge is 0.243 e. The third-order valence-electron chi connectivity index (χ3n) is 4.12. The second-order valence-corrected chi connectivity index (χ2v) is 8.25. The highest BCUT2D eigenvalue weighted by molar-refractivity contribution is 7.89. The number of methoxy groups -OCH3 is 1. The Morgan fingerprint density at radius 2 is 1.92 bits per heavy atom. The Morgan fingerprint density at radius 3 is 2.52 bits per heavy atom. The Morgan fingerprint density at radius 1 is 1.28 bits per heavy atom. The van der Waals surface area contributed by atoms with Gasteiger partial charge in [-0.1, -0.05) is 18.6 Å². The van der Waals surface area contributed by atoms with Gasteiger partial charge in [-0.3, -0.25) is 0 Å². The summed E-state index contributed by atoms with van der Waals surface area (Å²) >= 11 is 0. The van der Waals surface area contributed by atoms with Crippen LogP contribution in [0.15, 0.2) is 34.2 Å². The lowest BCUT2D eigenvalue weighted by Crippen LogP contribution is -2.40. The summed E-state index contributed by atoms with van der Waals surface area (Å²) in [5.41, 5.74) is 6.73. The normalized spacial score (nSPS) is 18.1. The van der Waals surface area contributed by atoms with Crippen LogP contribution in [0, 0.1) is 0 Å². The molecule has 0 bridgehead atoms. The third-order valence-corrected chi connectivity index (χ3v) is 6.03. The van der Waals surface area contributed by atoms with E-state index in [1.165, 1.54) is 0 Å². The molecule has 1 unspecified atom stereocenters. The van der Waals surface area contributed by atoms with Crippen LogP contribution in [-0.4, -0.2) is 51.5 Å². The standard InChI is InChI=1S/C17H28N4O3S/c1-14(13-24-2)20-17(18)19-12-15-6-8-16(9-7-15)25(22,23)21-10-4-3-5-11-21/h6-9,14H,3-5,10-13H2,1-2H3,(H3,18,19,20). The van der Waals surface area contributed by atoms with E-state index in [-0.39, 0.29) is 6.04 Å². The van der Waals surface area contributed by atoms with Gasteiger partial charge >= 0.3 is 0 Å². The van der Waals surface area contributed by atoms with E-state index in [0.29, 0.717) is 37.1 Å². The number of rotatable bonds is 7. The summed E-state index contributed by atoms with van der Waals surface area (Å²) < 4.78 is 31.8. The minimum absolute atomic E-state index is 0.0748. The lowest BCUT2D eigenvalue weighted by molar-refractivity contribution is 0.179. The highest BCUT2D eigenvalue weighted by Crippen LogP contribution is 2.20. The van der Waals surface area contributed by atoms with E-state index >= 15 is 0 Å². The number of sulfonamides is 1. The summed E-state index contributed by atoms with van der Waals surface area (Å²) in [6.07, 6.45) is 2.96. The van der Waals surface area contributed by atoms with Crippen molar-refractivity contribution in [1.82, 2.24) is 9.62 Å². The van der Waals surface area contributed by atoms with Crippen molar-refractivity contribution in [2.75, 3.05) is 26.8 Å². The zero-order valence-corrected chi connectivity index (χ0v) is 15.8. The number of piperidine rings is 1. The van der Waals surface area contributed by atoms with E-state index < -0.39 is 10.0 Å². The van der Waals surface area contributed by atoms with Crippen molar-refractivity contribution in [3.8, 4) is 0 Å². The molecule has 140 valence electrons. The van der Waals surface area contributed by atoms with Gasteiger partial charge in [-0.25, -0.2) is 13.4 Å². The molecule has 0 spiro atoms. The monoisotopic (exact) mass is 368 g/mol. The quantitative estimate of drug-likeness (QED) is 0.558. The Kier molecular flexibility index (Phi) is 7.22. The molecule has 0 amide bonds. The molecule has 1 aliphatic heterocycles. The first-order chi connectivity index (χ1) is 11.9. The molecule has 7 nitrogen and oxygen atoms in total. The Labute approximate surface area is 150 Å². The molecule has 1 fully saturated rings. The van der Waals surface area contributed by atoms with Gasteiger partial charge < -0.3 is 15.8 Å². The molecular weight excluding hydrogens is 340 g/mol. The second-order valence-electron chi connectivity index (χ2n) is 6.31. The zero-order valence-electron chi connectivity index (χ0n) is 14.9. The van der Waals surface area contributed by atoms with Crippen molar-refractivity contribution < 1.29 is 13.2 Å². The Balaban J connectivity index is 1.97. The van der Waals surface area contributed by atoms with E-state index in [9.17, 15) is 8.42 Å². The van der Waals surface area contributed by atoms with Crippen molar-refractivity contribution in [3.63, 3.8) is 0 Å². The van der Waals surface area contributed by atoms with Gasteiger partial charge in [-0.15, -0.1) is 0 Å². The number of hydrogen-bond acceptors (Lipinski definition) is 4. The first-order valence-corrected chi connectivity index (χ1v) is 10.0. The van der Waals surface area contributed by atoms with Crippen LogP contribution in [0.25, 0.3) is 0 Å². The number of nitrogens with one attached hydrogen (secondary N) is 1.